The van der Waals surface area contributed by atoms with Gasteiger partial charge in [-0.2, -0.15) is 0 Å². The summed E-state index contributed by atoms with van der Waals surface area (Å²) >= 11 is 0. The fraction of sp³-hybridized carbons (Fsp3) is 1.00. The second kappa shape index (κ2) is 4.43. The minimum atomic E-state index is 0.365. The van der Waals surface area contributed by atoms with E-state index in [9.17, 15) is 0 Å². The average molecular weight is 185 g/mol. The SMILES string of the molecule is CCCOC1CC(NC)C1(C)CC. The normalized spacial score (nSPS) is 38.8. The first kappa shape index (κ1) is 11.0. The first-order valence-corrected chi connectivity index (χ1v) is 5.47. The summed E-state index contributed by atoms with van der Waals surface area (Å²) in [6, 6.07) is 0.652. The van der Waals surface area contributed by atoms with Crippen molar-refractivity contribution in [3.05, 3.63) is 0 Å². The van der Waals surface area contributed by atoms with Crippen molar-refractivity contribution in [2.24, 2.45) is 5.41 Å². The highest BCUT2D eigenvalue weighted by molar-refractivity contribution is 5.04. The summed E-state index contributed by atoms with van der Waals surface area (Å²) < 4.78 is 5.83. The van der Waals surface area contributed by atoms with Gasteiger partial charge in [-0.15, -0.1) is 0 Å². The lowest BCUT2D eigenvalue weighted by atomic mass is 9.61. The summed E-state index contributed by atoms with van der Waals surface area (Å²) in [5.74, 6) is 0. The fourth-order valence-corrected chi connectivity index (χ4v) is 2.26. The maximum absolute atomic E-state index is 5.83. The van der Waals surface area contributed by atoms with Crippen molar-refractivity contribution in [2.45, 2.75) is 52.2 Å². The van der Waals surface area contributed by atoms with E-state index in [-0.39, 0.29) is 0 Å². The molecule has 0 saturated heterocycles. The molecule has 0 bridgehead atoms. The van der Waals surface area contributed by atoms with Crippen LogP contribution in [-0.4, -0.2) is 25.8 Å². The summed E-state index contributed by atoms with van der Waals surface area (Å²) in [5, 5.41) is 3.37. The molecule has 0 spiro atoms. The molecule has 1 saturated carbocycles. The Balaban J connectivity index is 2.42. The molecule has 1 aliphatic rings. The second-order valence-electron chi connectivity index (χ2n) is 4.30. The van der Waals surface area contributed by atoms with Crippen molar-refractivity contribution in [2.75, 3.05) is 13.7 Å². The third-order valence-corrected chi connectivity index (χ3v) is 3.61. The van der Waals surface area contributed by atoms with E-state index in [4.69, 9.17) is 4.74 Å². The molecule has 0 radical (unpaired) electrons. The van der Waals surface area contributed by atoms with Crippen LogP contribution in [0.3, 0.4) is 0 Å². The predicted molar refractivity (Wildman–Crippen MR) is 55.9 cm³/mol. The van der Waals surface area contributed by atoms with Gasteiger partial charge in [-0.3, -0.25) is 0 Å². The van der Waals surface area contributed by atoms with E-state index in [2.05, 4.69) is 33.1 Å². The van der Waals surface area contributed by atoms with Gasteiger partial charge in [-0.05, 0) is 26.3 Å². The molecular formula is C11H23NO. The molecule has 1 fully saturated rings. The van der Waals surface area contributed by atoms with Gasteiger partial charge in [0.25, 0.3) is 0 Å². The third-order valence-electron chi connectivity index (χ3n) is 3.61. The highest BCUT2D eigenvalue weighted by Gasteiger charge is 2.50. The largest absolute Gasteiger partial charge is 0.378 e. The topological polar surface area (TPSA) is 21.3 Å². The molecule has 0 aromatic rings. The number of hydrogen-bond donors (Lipinski definition) is 1. The molecule has 0 aromatic carbocycles. The van der Waals surface area contributed by atoms with E-state index in [0.717, 1.165) is 13.0 Å². The minimum absolute atomic E-state index is 0.365. The van der Waals surface area contributed by atoms with Crippen molar-refractivity contribution >= 4 is 0 Å². The van der Waals surface area contributed by atoms with Crippen molar-refractivity contribution in [1.29, 1.82) is 0 Å². The van der Waals surface area contributed by atoms with Crippen LogP contribution in [-0.2, 0) is 4.74 Å². The van der Waals surface area contributed by atoms with Crippen LogP contribution in [0.1, 0.15) is 40.0 Å². The zero-order chi connectivity index (χ0) is 9.90. The molecule has 78 valence electrons. The Labute approximate surface area is 82.0 Å². The summed E-state index contributed by atoms with van der Waals surface area (Å²) in [5.41, 5.74) is 0.365. The van der Waals surface area contributed by atoms with Crippen LogP contribution in [0.4, 0.5) is 0 Å². The van der Waals surface area contributed by atoms with E-state index < -0.39 is 0 Å². The lowest BCUT2D eigenvalue weighted by Crippen LogP contribution is -2.61. The smallest absolute Gasteiger partial charge is 0.0658 e. The maximum atomic E-state index is 5.83. The Morgan fingerprint density at radius 2 is 2.15 bits per heavy atom. The van der Waals surface area contributed by atoms with Crippen LogP contribution in [0.2, 0.25) is 0 Å². The van der Waals surface area contributed by atoms with Gasteiger partial charge < -0.3 is 10.1 Å². The number of rotatable bonds is 5. The summed E-state index contributed by atoms with van der Waals surface area (Å²) in [6.07, 6.45) is 3.99. The summed E-state index contributed by atoms with van der Waals surface area (Å²) in [7, 11) is 2.05. The molecular weight excluding hydrogens is 162 g/mol. The monoisotopic (exact) mass is 185 g/mol. The molecule has 0 amide bonds. The Morgan fingerprint density at radius 3 is 2.62 bits per heavy atom. The van der Waals surface area contributed by atoms with Crippen molar-refractivity contribution < 1.29 is 4.74 Å². The maximum Gasteiger partial charge on any atom is 0.0658 e. The van der Waals surface area contributed by atoms with Crippen molar-refractivity contribution in [3.63, 3.8) is 0 Å². The van der Waals surface area contributed by atoms with Gasteiger partial charge in [0.1, 0.15) is 0 Å². The van der Waals surface area contributed by atoms with Gasteiger partial charge in [0.05, 0.1) is 6.10 Å². The Hall–Kier alpha value is -0.0800. The predicted octanol–water partition coefficient (Wildman–Crippen LogP) is 2.19. The van der Waals surface area contributed by atoms with Crippen molar-refractivity contribution in [3.8, 4) is 0 Å². The lowest BCUT2D eigenvalue weighted by Gasteiger charge is -2.53. The van der Waals surface area contributed by atoms with Gasteiger partial charge in [-0.1, -0.05) is 20.8 Å². The van der Waals surface area contributed by atoms with Crippen LogP contribution in [0, 0.1) is 5.41 Å². The Kier molecular flexibility index (Phi) is 3.74. The first-order valence-electron chi connectivity index (χ1n) is 5.47. The fourth-order valence-electron chi connectivity index (χ4n) is 2.26. The van der Waals surface area contributed by atoms with E-state index in [1.807, 2.05) is 0 Å². The number of hydrogen-bond acceptors (Lipinski definition) is 2. The lowest BCUT2D eigenvalue weighted by molar-refractivity contribution is -0.127. The van der Waals surface area contributed by atoms with Crippen molar-refractivity contribution in [1.82, 2.24) is 5.32 Å². The third kappa shape index (κ3) is 1.89. The zero-order valence-electron chi connectivity index (χ0n) is 9.39. The molecule has 3 atom stereocenters. The molecule has 0 aromatic heterocycles. The molecule has 1 aliphatic carbocycles. The van der Waals surface area contributed by atoms with Crippen LogP contribution in [0.5, 0.6) is 0 Å². The molecule has 1 rings (SSSR count). The van der Waals surface area contributed by atoms with E-state index in [0.29, 0.717) is 17.6 Å². The van der Waals surface area contributed by atoms with Gasteiger partial charge in [0.2, 0.25) is 0 Å². The molecule has 3 unspecified atom stereocenters. The standard InChI is InChI=1S/C11H23NO/c1-5-7-13-10-8-9(12-4)11(10,3)6-2/h9-10,12H,5-8H2,1-4H3. The van der Waals surface area contributed by atoms with E-state index >= 15 is 0 Å². The average Bonchev–Trinajstić information content (AvgIpc) is 2.15. The number of nitrogens with one attached hydrogen (secondary N) is 1. The van der Waals surface area contributed by atoms with Gasteiger partial charge in [-0.25, -0.2) is 0 Å². The van der Waals surface area contributed by atoms with Crippen LogP contribution in [0.15, 0.2) is 0 Å². The second-order valence-corrected chi connectivity index (χ2v) is 4.30. The minimum Gasteiger partial charge on any atom is -0.378 e. The molecule has 0 aliphatic heterocycles. The summed E-state index contributed by atoms with van der Waals surface area (Å²) in [4.78, 5) is 0. The van der Waals surface area contributed by atoms with Gasteiger partial charge in [0.15, 0.2) is 0 Å². The molecule has 13 heavy (non-hydrogen) atoms. The number of ether oxygens (including phenoxy) is 1. The zero-order valence-corrected chi connectivity index (χ0v) is 9.39. The first-order chi connectivity index (χ1) is 6.19. The molecule has 2 heteroatoms. The van der Waals surface area contributed by atoms with Gasteiger partial charge >= 0.3 is 0 Å². The van der Waals surface area contributed by atoms with Crippen LogP contribution in [0.25, 0.3) is 0 Å². The van der Waals surface area contributed by atoms with Gasteiger partial charge in [0, 0.05) is 18.1 Å². The van der Waals surface area contributed by atoms with E-state index in [1.165, 1.54) is 12.8 Å². The Morgan fingerprint density at radius 1 is 1.46 bits per heavy atom. The van der Waals surface area contributed by atoms with E-state index in [1.54, 1.807) is 0 Å². The summed E-state index contributed by atoms with van der Waals surface area (Å²) in [6.45, 7) is 7.66. The van der Waals surface area contributed by atoms with Crippen LogP contribution >= 0.6 is 0 Å². The van der Waals surface area contributed by atoms with Crippen LogP contribution < -0.4 is 5.32 Å². The molecule has 1 N–H and O–H groups in total. The molecule has 2 nitrogen and oxygen atoms in total. The highest BCUT2D eigenvalue weighted by Crippen LogP contribution is 2.45. The quantitative estimate of drug-likeness (QED) is 0.709. The highest BCUT2D eigenvalue weighted by atomic mass is 16.5. The molecule has 0 heterocycles. The Bertz CT molecular complexity index is 158.